The summed E-state index contributed by atoms with van der Waals surface area (Å²) in [5.74, 6) is -0.250. The van der Waals surface area contributed by atoms with E-state index >= 15 is 0 Å². The summed E-state index contributed by atoms with van der Waals surface area (Å²) in [6.07, 6.45) is 0. The van der Waals surface area contributed by atoms with Crippen LogP contribution in [0.1, 0.15) is 5.56 Å². The number of hydrogen-bond donors (Lipinski definition) is 2. The lowest BCUT2D eigenvalue weighted by molar-refractivity contribution is 0.251. The van der Waals surface area contributed by atoms with Gasteiger partial charge in [0, 0.05) is 12.6 Å². The highest BCUT2D eigenvalue weighted by Crippen LogP contribution is 2.27. The van der Waals surface area contributed by atoms with E-state index in [0.29, 0.717) is 11.5 Å². The second kappa shape index (κ2) is 7.44. The van der Waals surface area contributed by atoms with Crippen molar-refractivity contribution in [1.82, 2.24) is 5.32 Å². The molecule has 0 aromatic heterocycles. The fraction of sp³-hybridized carbons (Fsp3) is 0.188. The number of carbonyl (C=O) groups excluding carboxylic acids is 1. The zero-order chi connectivity index (χ0) is 16.8. The first kappa shape index (κ1) is 16.5. The molecule has 2 amide bonds. The normalized spacial score (nSPS) is 10.1. The lowest BCUT2D eigenvalue weighted by Crippen LogP contribution is -2.28. The maximum atomic E-state index is 13.4. The maximum absolute atomic E-state index is 13.4. The molecule has 2 rings (SSSR count). The van der Waals surface area contributed by atoms with Crippen LogP contribution < -0.4 is 20.1 Å². The third-order valence-corrected chi connectivity index (χ3v) is 3.08. The van der Waals surface area contributed by atoms with Gasteiger partial charge in [0.05, 0.1) is 19.9 Å². The zero-order valence-corrected chi connectivity index (χ0v) is 12.7. The summed E-state index contributed by atoms with van der Waals surface area (Å²) in [6.45, 7) is 0.184. The Labute approximate surface area is 132 Å². The van der Waals surface area contributed by atoms with Crippen molar-refractivity contribution in [3.05, 3.63) is 53.6 Å². The fourth-order valence-corrected chi connectivity index (χ4v) is 1.93. The van der Waals surface area contributed by atoms with Gasteiger partial charge in [-0.1, -0.05) is 6.07 Å². The molecule has 0 saturated carbocycles. The standard InChI is InChI=1S/C16H16F2N2O3/c1-22-14-6-3-10(7-15(14)23-2)9-19-16(21)20-13-8-11(17)4-5-12(13)18/h3-8H,9H2,1-2H3,(H2,19,20,21). The predicted molar refractivity (Wildman–Crippen MR) is 81.8 cm³/mol. The smallest absolute Gasteiger partial charge is 0.319 e. The Bertz CT molecular complexity index is 708. The van der Waals surface area contributed by atoms with Gasteiger partial charge in [-0.2, -0.15) is 0 Å². The SMILES string of the molecule is COc1ccc(CNC(=O)Nc2cc(F)ccc2F)cc1OC. The van der Waals surface area contributed by atoms with Crippen LogP contribution in [0.25, 0.3) is 0 Å². The summed E-state index contributed by atoms with van der Waals surface area (Å²) >= 11 is 0. The Kier molecular flexibility index (Phi) is 5.35. The van der Waals surface area contributed by atoms with Crippen LogP contribution in [0.4, 0.5) is 19.3 Å². The van der Waals surface area contributed by atoms with E-state index in [1.807, 2.05) is 0 Å². The number of rotatable bonds is 5. The summed E-state index contributed by atoms with van der Waals surface area (Å²) in [4.78, 5) is 11.8. The van der Waals surface area contributed by atoms with Gasteiger partial charge in [-0.25, -0.2) is 13.6 Å². The van der Waals surface area contributed by atoms with Gasteiger partial charge in [0.2, 0.25) is 0 Å². The highest BCUT2D eigenvalue weighted by molar-refractivity contribution is 5.89. The van der Waals surface area contributed by atoms with Crippen LogP contribution in [0.5, 0.6) is 11.5 Å². The van der Waals surface area contributed by atoms with Crippen molar-refractivity contribution >= 4 is 11.7 Å². The van der Waals surface area contributed by atoms with Gasteiger partial charge < -0.3 is 20.1 Å². The van der Waals surface area contributed by atoms with Crippen molar-refractivity contribution in [3.8, 4) is 11.5 Å². The van der Waals surface area contributed by atoms with Gasteiger partial charge in [0.25, 0.3) is 0 Å². The lowest BCUT2D eigenvalue weighted by atomic mass is 10.2. The number of halogens is 2. The largest absolute Gasteiger partial charge is 0.493 e. The molecule has 0 aliphatic carbocycles. The average Bonchev–Trinajstić information content (AvgIpc) is 2.56. The Morgan fingerprint density at radius 3 is 2.48 bits per heavy atom. The van der Waals surface area contributed by atoms with Gasteiger partial charge in [0.1, 0.15) is 11.6 Å². The summed E-state index contributed by atoms with van der Waals surface area (Å²) in [7, 11) is 3.03. The van der Waals surface area contributed by atoms with Crippen LogP contribution >= 0.6 is 0 Å². The van der Waals surface area contributed by atoms with E-state index in [4.69, 9.17) is 9.47 Å². The molecule has 5 nitrogen and oxygen atoms in total. The minimum Gasteiger partial charge on any atom is -0.493 e. The number of methoxy groups -OCH3 is 2. The third kappa shape index (κ3) is 4.32. The van der Waals surface area contributed by atoms with Crippen molar-refractivity contribution in [2.45, 2.75) is 6.54 Å². The molecule has 7 heteroatoms. The average molecular weight is 322 g/mol. The molecule has 2 N–H and O–H groups in total. The van der Waals surface area contributed by atoms with Gasteiger partial charge in [0.15, 0.2) is 11.5 Å². The van der Waals surface area contributed by atoms with Crippen LogP contribution in [-0.2, 0) is 6.54 Å². The van der Waals surface area contributed by atoms with E-state index in [9.17, 15) is 13.6 Å². The number of nitrogens with one attached hydrogen (secondary N) is 2. The van der Waals surface area contributed by atoms with E-state index in [0.717, 1.165) is 23.8 Å². The van der Waals surface area contributed by atoms with Gasteiger partial charge in [-0.05, 0) is 29.8 Å². The van der Waals surface area contributed by atoms with Crippen LogP contribution in [0.15, 0.2) is 36.4 Å². The number of hydrogen-bond acceptors (Lipinski definition) is 3. The van der Waals surface area contributed by atoms with Crippen molar-refractivity contribution in [1.29, 1.82) is 0 Å². The van der Waals surface area contributed by atoms with Gasteiger partial charge in [-0.15, -0.1) is 0 Å². The quantitative estimate of drug-likeness (QED) is 0.888. The van der Waals surface area contributed by atoms with Crippen LogP contribution in [0.3, 0.4) is 0 Å². The van der Waals surface area contributed by atoms with E-state index < -0.39 is 17.7 Å². The molecule has 23 heavy (non-hydrogen) atoms. The molecule has 0 aliphatic rings. The predicted octanol–water partition coefficient (Wildman–Crippen LogP) is 3.30. The van der Waals surface area contributed by atoms with Crippen molar-refractivity contribution in [3.63, 3.8) is 0 Å². The summed E-state index contributed by atoms with van der Waals surface area (Å²) in [5.41, 5.74) is 0.535. The van der Waals surface area contributed by atoms with Crippen LogP contribution in [0.2, 0.25) is 0 Å². The first-order chi connectivity index (χ1) is 11.0. The number of amides is 2. The van der Waals surface area contributed by atoms with Crippen LogP contribution in [-0.4, -0.2) is 20.3 Å². The Morgan fingerprint density at radius 1 is 1.04 bits per heavy atom. The summed E-state index contributed by atoms with van der Waals surface area (Å²) < 4.78 is 36.8. The topological polar surface area (TPSA) is 59.6 Å². The molecule has 122 valence electrons. The molecule has 0 atom stereocenters. The molecule has 0 bridgehead atoms. The fourth-order valence-electron chi connectivity index (χ4n) is 1.93. The molecule has 0 fully saturated rings. The van der Waals surface area contributed by atoms with E-state index in [2.05, 4.69) is 10.6 Å². The summed E-state index contributed by atoms with van der Waals surface area (Å²) in [5, 5.41) is 4.80. The number of benzene rings is 2. The third-order valence-electron chi connectivity index (χ3n) is 3.08. The number of carbonyl (C=O) groups is 1. The summed E-state index contributed by atoms with van der Waals surface area (Å²) in [6, 6.07) is 7.35. The minimum atomic E-state index is -0.715. The molecule has 0 spiro atoms. The molecule has 0 aliphatic heterocycles. The van der Waals surface area contributed by atoms with E-state index in [1.54, 1.807) is 18.2 Å². The van der Waals surface area contributed by atoms with Crippen molar-refractivity contribution < 1.29 is 23.0 Å². The Balaban J connectivity index is 1.98. The first-order valence-corrected chi connectivity index (χ1v) is 6.74. The molecule has 0 radical (unpaired) electrons. The molecule has 0 heterocycles. The van der Waals surface area contributed by atoms with Gasteiger partial charge >= 0.3 is 6.03 Å². The number of ether oxygens (including phenoxy) is 2. The van der Waals surface area contributed by atoms with Crippen molar-refractivity contribution in [2.75, 3.05) is 19.5 Å². The Hall–Kier alpha value is -2.83. The first-order valence-electron chi connectivity index (χ1n) is 6.74. The monoisotopic (exact) mass is 322 g/mol. The number of urea groups is 1. The Morgan fingerprint density at radius 2 is 1.78 bits per heavy atom. The molecular formula is C16H16F2N2O3. The van der Waals surface area contributed by atoms with Crippen LogP contribution in [0, 0.1) is 11.6 Å². The van der Waals surface area contributed by atoms with Gasteiger partial charge in [-0.3, -0.25) is 0 Å². The molecule has 0 unspecified atom stereocenters. The second-order valence-corrected chi connectivity index (χ2v) is 4.62. The maximum Gasteiger partial charge on any atom is 0.319 e. The lowest BCUT2D eigenvalue weighted by Gasteiger charge is -2.11. The highest BCUT2D eigenvalue weighted by atomic mass is 19.1. The molecule has 2 aromatic rings. The zero-order valence-electron chi connectivity index (χ0n) is 12.7. The molecular weight excluding hydrogens is 306 g/mol. The molecule has 2 aromatic carbocycles. The van der Waals surface area contributed by atoms with E-state index in [-0.39, 0.29) is 12.2 Å². The number of anilines is 1. The molecule has 0 saturated heterocycles. The van der Waals surface area contributed by atoms with Crippen molar-refractivity contribution in [2.24, 2.45) is 0 Å². The highest BCUT2D eigenvalue weighted by Gasteiger charge is 2.09. The van der Waals surface area contributed by atoms with E-state index in [1.165, 1.54) is 14.2 Å². The second-order valence-electron chi connectivity index (χ2n) is 4.62. The minimum absolute atomic E-state index is 0.184.